The Morgan fingerprint density at radius 1 is 1.23 bits per heavy atom. The highest BCUT2D eigenvalue weighted by Gasteiger charge is 2.23. The molecule has 1 amide bonds. The Balaban J connectivity index is 2.21. The van der Waals surface area contributed by atoms with Gasteiger partial charge in [0.05, 0.1) is 18.2 Å². The van der Waals surface area contributed by atoms with Crippen molar-refractivity contribution in [3.63, 3.8) is 0 Å². The van der Waals surface area contributed by atoms with Crippen LogP contribution in [-0.2, 0) is 9.53 Å². The van der Waals surface area contributed by atoms with Gasteiger partial charge in [0, 0.05) is 17.7 Å². The average molecular weight is 410 g/mol. The van der Waals surface area contributed by atoms with E-state index in [2.05, 4.69) is 5.32 Å². The zero-order valence-electron chi connectivity index (χ0n) is 16.3. The van der Waals surface area contributed by atoms with Crippen LogP contribution in [0.3, 0.4) is 0 Å². The molecule has 30 heavy (non-hydrogen) atoms. The molecule has 0 aliphatic heterocycles. The van der Waals surface area contributed by atoms with Crippen LogP contribution in [-0.4, -0.2) is 35.5 Å². The number of amides is 1. The van der Waals surface area contributed by atoms with Crippen molar-refractivity contribution in [1.29, 1.82) is 5.26 Å². The van der Waals surface area contributed by atoms with Gasteiger partial charge in [-0.25, -0.2) is 9.59 Å². The standard InChI is InChI=1S/C22H22N2O6/c1-15(5-10-20(26)27)21(17-3-2-4-19(13-17)29-12-11-25)30-22(28)24-18-8-6-16(14-23)7-9-18/h2-10,13,15,21,25H,11-12H2,1H3,(H,24,28)(H,26,27)/b10-5+/t15-,21-/m1/s1. The quantitative estimate of drug-likeness (QED) is 0.540. The van der Waals surface area contributed by atoms with Crippen molar-refractivity contribution < 1.29 is 29.3 Å². The first kappa shape index (κ1) is 22.5. The van der Waals surface area contributed by atoms with E-state index in [4.69, 9.17) is 24.9 Å². The molecule has 0 aliphatic carbocycles. The summed E-state index contributed by atoms with van der Waals surface area (Å²) in [5.41, 5.74) is 1.51. The van der Waals surface area contributed by atoms with E-state index >= 15 is 0 Å². The molecule has 0 fully saturated rings. The minimum atomic E-state index is -1.11. The molecule has 3 N–H and O–H groups in total. The number of aliphatic hydroxyl groups excluding tert-OH is 1. The molecule has 0 unspecified atom stereocenters. The average Bonchev–Trinajstić information content (AvgIpc) is 2.75. The van der Waals surface area contributed by atoms with Gasteiger partial charge in [-0.2, -0.15) is 5.26 Å². The molecule has 0 radical (unpaired) electrons. The molecule has 0 aromatic heterocycles. The van der Waals surface area contributed by atoms with Crippen LogP contribution in [0.2, 0.25) is 0 Å². The number of aliphatic hydroxyl groups is 1. The van der Waals surface area contributed by atoms with Crippen LogP contribution in [0, 0.1) is 17.2 Å². The minimum absolute atomic E-state index is 0.114. The molecule has 2 aromatic rings. The third kappa shape index (κ3) is 6.96. The molecule has 2 rings (SSSR count). The molecule has 2 atom stereocenters. The second-order valence-electron chi connectivity index (χ2n) is 6.34. The number of carbonyl (C=O) groups excluding carboxylic acids is 1. The highest BCUT2D eigenvalue weighted by Crippen LogP contribution is 2.30. The van der Waals surface area contributed by atoms with E-state index in [1.807, 2.05) is 6.07 Å². The SMILES string of the molecule is C[C@H](/C=C/C(=O)O)[C@@H](OC(=O)Nc1ccc(C#N)cc1)c1cccc(OCCO)c1. The second kappa shape index (κ2) is 11.2. The van der Waals surface area contributed by atoms with Gasteiger partial charge in [0.1, 0.15) is 18.5 Å². The monoisotopic (exact) mass is 410 g/mol. The van der Waals surface area contributed by atoms with Crippen LogP contribution >= 0.6 is 0 Å². The van der Waals surface area contributed by atoms with Crippen LogP contribution in [0.1, 0.15) is 24.2 Å². The minimum Gasteiger partial charge on any atom is -0.491 e. The summed E-state index contributed by atoms with van der Waals surface area (Å²) in [5.74, 6) is -1.08. The molecule has 0 saturated heterocycles. The van der Waals surface area contributed by atoms with Gasteiger partial charge in [-0.3, -0.25) is 5.32 Å². The van der Waals surface area contributed by atoms with E-state index < -0.39 is 24.1 Å². The predicted octanol–water partition coefficient (Wildman–Crippen LogP) is 3.50. The van der Waals surface area contributed by atoms with E-state index in [1.54, 1.807) is 55.5 Å². The molecule has 0 spiro atoms. The van der Waals surface area contributed by atoms with Crippen LogP contribution in [0.25, 0.3) is 0 Å². The van der Waals surface area contributed by atoms with Crippen LogP contribution in [0.5, 0.6) is 5.75 Å². The zero-order chi connectivity index (χ0) is 21.9. The number of hydrogen-bond acceptors (Lipinski definition) is 6. The number of nitriles is 1. The fourth-order valence-electron chi connectivity index (χ4n) is 2.65. The third-order valence-electron chi connectivity index (χ3n) is 4.06. The normalized spacial score (nSPS) is 12.6. The maximum absolute atomic E-state index is 12.4. The number of rotatable bonds is 9. The summed E-state index contributed by atoms with van der Waals surface area (Å²) in [5, 5.41) is 29.3. The number of carboxylic acids is 1. The maximum atomic E-state index is 12.4. The lowest BCUT2D eigenvalue weighted by atomic mass is 9.96. The van der Waals surface area contributed by atoms with Crippen LogP contribution in [0.15, 0.2) is 60.7 Å². The van der Waals surface area contributed by atoms with Crippen molar-refractivity contribution in [3.05, 3.63) is 71.8 Å². The highest BCUT2D eigenvalue weighted by atomic mass is 16.6. The van der Waals surface area contributed by atoms with Gasteiger partial charge in [-0.1, -0.05) is 25.1 Å². The topological polar surface area (TPSA) is 129 Å². The summed E-state index contributed by atoms with van der Waals surface area (Å²) in [7, 11) is 0. The summed E-state index contributed by atoms with van der Waals surface area (Å²) < 4.78 is 11.0. The summed E-state index contributed by atoms with van der Waals surface area (Å²) >= 11 is 0. The van der Waals surface area contributed by atoms with Crippen molar-refractivity contribution in [3.8, 4) is 11.8 Å². The number of anilines is 1. The van der Waals surface area contributed by atoms with Gasteiger partial charge < -0.3 is 19.7 Å². The van der Waals surface area contributed by atoms with Gasteiger partial charge >= 0.3 is 12.1 Å². The van der Waals surface area contributed by atoms with Crippen molar-refractivity contribution >= 4 is 17.7 Å². The van der Waals surface area contributed by atoms with Crippen molar-refractivity contribution in [2.24, 2.45) is 5.92 Å². The highest BCUT2D eigenvalue weighted by molar-refractivity contribution is 5.85. The lowest BCUT2D eigenvalue weighted by Crippen LogP contribution is -2.21. The van der Waals surface area contributed by atoms with Crippen LogP contribution < -0.4 is 10.1 Å². The van der Waals surface area contributed by atoms with E-state index in [0.717, 1.165) is 6.08 Å². The van der Waals surface area contributed by atoms with Gasteiger partial charge in [0.15, 0.2) is 0 Å². The zero-order valence-corrected chi connectivity index (χ0v) is 16.3. The van der Waals surface area contributed by atoms with Crippen molar-refractivity contribution in [2.75, 3.05) is 18.5 Å². The number of nitrogens with one attached hydrogen (secondary N) is 1. The first-order valence-electron chi connectivity index (χ1n) is 9.15. The first-order valence-corrected chi connectivity index (χ1v) is 9.15. The smallest absolute Gasteiger partial charge is 0.412 e. The Labute approximate surface area is 174 Å². The molecule has 156 valence electrons. The molecule has 8 nitrogen and oxygen atoms in total. The Bertz CT molecular complexity index is 933. The number of nitrogens with zero attached hydrogens (tertiary/aromatic N) is 1. The Kier molecular flexibility index (Phi) is 8.41. The molecular formula is C22H22N2O6. The molecule has 0 aliphatic rings. The lowest BCUT2D eigenvalue weighted by Gasteiger charge is -2.23. The fraction of sp³-hybridized carbons (Fsp3) is 0.227. The number of ether oxygens (including phenoxy) is 2. The number of carboxylic acid groups (broad SMARTS) is 1. The van der Waals surface area contributed by atoms with Crippen molar-refractivity contribution in [2.45, 2.75) is 13.0 Å². The van der Waals surface area contributed by atoms with E-state index in [9.17, 15) is 9.59 Å². The van der Waals surface area contributed by atoms with Crippen molar-refractivity contribution in [1.82, 2.24) is 0 Å². The lowest BCUT2D eigenvalue weighted by molar-refractivity contribution is -0.131. The predicted molar refractivity (Wildman–Crippen MR) is 109 cm³/mol. The van der Waals surface area contributed by atoms with Crippen LogP contribution in [0.4, 0.5) is 10.5 Å². The largest absolute Gasteiger partial charge is 0.491 e. The second-order valence-corrected chi connectivity index (χ2v) is 6.34. The Morgan fingerprint density at radius 2 is 1.97 bits per heavy atom. The fourth-order valence-corrected chi connectivity index (χ4v) is 2.65. The number of carbonyl (C=O) groups is 2. The summed E-state index contributed by atoms with van der Waals surface area (Å²) in [6.45, 7) is 1.69. The van der Waals surface area contributed by atoms with E-state index in [0.29, 0.717) is 22.6 Å². The number of benzene rings is 2. The molecule has 2 aromatic carbocycles. The Morgan fingerprint density at radius 3 is 2.60 bits per heavy atom. The van der Waals surface area contributed by atoms with Gasteiger partial charge in [-0.15, -0.1) is 0 Å². The summed E-state index contributed by atoms with van der Waals surface area (Å²) in [4.78, 5) is 23.3. The van der Waals surface area contributed by atoms with E-state index in [1.165, 1.54) is 6.08 Å². The summed E-state index contributed by atoms with van der Waals surface area (Å²) in [6.07, 6.45) is 0.896. The molecule has 8 heteroatoms. The van der Waals surface area contributed by atoms with E-state index in [-0.39, 0.29) is 13.2 Å². The maximum Gasteiger partial charge on any atom is 0.412 e. The number of hydrogen-bond donors (Lipinski definition) is 3. The van der Waals surface area contributed by atoms with Gasteiger partial charge in [-0.05, 0) is 42.0 Å². The molecule has 0 heterocycles. The first-order chi connectivity index (χ1) is 14.4. The number of aliphatic carboxylic acids is 1. The molecule has 0 bridgehead atoms. The van der Waals surface area contributed by atoms with Gasteiger partial charge in [0.2, 0.25) is 0 Å². The van der Waals surface area contributed by atoms with Gasteiger partial charge in [0.25, 0.3) is 0 Å². The Hall–Kier alpha value is -3.83. The third-order valence-corrected chi connectivity index (χ3v) is 4.06. The molecule has 0 saturated carbocycles. The molecular weight excluding hydrogens is 388 g/mol. The summed E-state index contributed by atoms with van der Waals surface area (Å²) in [6, 6.07) is 15.1.